The SMILES string of the molecule is CCOC(=O)C1(CCCn2c(=O)ccc3cccnc32)CCN(CCSc2cccs2)CC1.O=C(O)C1(CCCn2c(=O)ccc3cccnc32)CCN(CCSc2cccs2)CC1. The molecule has 0 aliphatic carbocycles. The summed E-state index contributed by atoms with van der Waals surface area (Å²) in [6.45, 7) is 8.74. The van der Waals surface area contributed by atoms with Crippen molar-refractivity contribution in [3.8, 4) is 0 Å². The predicted octanol–water partition coefficient (Wildman–Crippen LogP) is 8.87. The van der Waals surface area contributed by atoms with Gasteiger partial charge in [0.15, 0.2) is 0 Å². The summed E-state index contributed by atoms with van der Waals surface area (Å²) in [5.41, 5.74) is 0.0670. The van der Waals surface area contributed by atoms with E-state index in [1.165, 1.54) is 8.42 Å². The summed E-state index contributed by atoms with van der Waals surface area (Å²) in [7, 11) is 0. The highest BCUT2D eigenvalue weighted by Crippen LogP contribution is 2.39. The number of pyridine rings is 4. The third-order valence-corrected chi connectivity index (χ3v) is 16.9. The minimum absolute atomic E-state index is 0.0514. The summed E-state index contributed by atoms with van der Waals surface area (Å²) in [6, 6.07) is 22.8. The van der Waals surface area contributed by atoms with E-state index in [2.05, 4.69) is 54.8 Å². The lowest BCUT2D eigenvalue weighted by atomic mass is 9.74. The normalized spacial score (nSPS) is 16.3. The van der Waals surface area contributed by atoms with Crippen molar-refractivity contribution < 1.29 is 19.4 Å². The zero-order chi connectivity index (χ0) is 44.8. The number of aromatic nitrogens is 4. The van der Waals surface area contributed by atoms with Crippen LogP contribution in [-0.2, 0) is 27.4 Å². The van der Waals surface area contributed by atoms with Crippen LogP contribution in [0.15, 0.2) is 114 Å². The summed E-state index contributed by atoms with van der Waals surface area (Å²) < 4.78 is 11.6. The van der Waals surface area contributed by atoms with Crippen molar-refractivity contribution in [1.29, 1.82) is 0 Å². The molecule has 0 amide bonds. The summed E-state index contributed by atoms with van der Waals surface area (Å²) >= 11 is 7.30. The molecule has 6 aromatic rings. The first-order valence-electron chi connectivity index (χ1n) is 22.3. The fourth-order valence-corrected chi connectivity index (χ4v) is 12.6. The minimum atomic E-state index is -0.705. The molecule has 1 N–H and O–H groups in total. The van der Waals surface area contributed by atoms with Crippen LogP contribution in [0.25, 0.3) is 22.1 Å². The quantitative estimate of drug-likeness (QED) is 0.0613. The van der Waals surface area contributed by atoms with Gasteiger partial charge >= 0.3 is 11.9 Å². The van der Waals surface area contributed by atoms with Gasteiger partial charge in [-0.25, -0.2) is 9.97 Å². The molecule has 2 aliphatic heterocycles. The van der Waals surface area contributed by atoms with Gasteiger partial charge in [0.25, 0.3) is 11.1 Å². The van der Waals surface area contributed by atoms with E-state index in [1.807, 2.05) is 60.8 Å². The number of aryl methyl sites for hydroxylation is 2. The number of hydrogen-bond acceptors (Lipinski definition) is 13. The van der Waals surface area contributed by atoms with Gasteiger partial charge in [-0.1, -0.05) is 12.1 Å². The van der Waals surface area contributed by atoms with Crippen LogP contribution in [0.2, 0.25) is 0 Å². The lowest BCUT2D eigenvalue weighted by Gasteiger charge is -2.40. The first kappa shape index (κ1) is 47.6. The fraction of sp³-hybridized carbons (Fsp3) is 0.458. The summed E-state index contributed by atoms with van der Waals surface area (Å²) in [4.78, 5) is 63.6. The number of piperidine rings is 2. The number of ether oxygens (including phenoxy) is 1. The second kappa shape index (κ2) is 23.2. The van der Waals surface area contributed by atoms with Crippen molar-refractivity contribution in [2.45, 2.75) is 79.8 Å². The van der Waals surface area contributed by atoms with Crippen molar-refractivity contribution in [3.05, 3.63) is 117 Å². The number of thioether (sulfide) groups is 2. The van der Waals surface area contributed by atoms with Crippen LogP contribution in [0, 0.1) is 10.8 Å². The van der Waals surface area contributed by atoms with Gasteiger partial charge in [-0.2, -0.15) is 0 Å². The number of carboxylic acids is 1. The van der Waals surface area contributed by atoms with Crippen LogP contribution < -0.4 is 11.1 Å². The Morgan fingerprint density at radius 2 is 1.12 bits per heavy atom. The number of carbonyl (C=O) groups excluding carboxylic acids is 1. The van der Waals surface area contributed by atoms with E-state index in [0.717, 1.165) is 87.2 Å². The minimum Gasteiger partial charge on any atom is -0.481 e. The van der Waals surface area contributed by atoms with Gasteiger partial charge < -0.3 is 19.6 Å². The average Bonchev–Trinajstić information content (AvgIpc) is 4.05. The number of nitrogens with zero attached hydrogens (tertiary/aromatic N) is 6. The van der Waals surface area contributed by atoms with Crippen molar-refractivity contribution in [3.63, 3.8) is 0 Å². The lowest BCUT2D eigenvalue weighted by molar-refractivity contribution is -0.159. The number of hydrogen-bond donors (Lipinski definition) is 1. The van der Waals surface area contributed by atoms with Crippen molar-refractivity contribution in [2.75, 3.05) is 57.4 Å². The molecule has 0 aromatic carbocycles. The Morgan fingerprint density at radius 3 is 1.56 bits per heavy atom. The van der Waals surface area contributed by atoms with Crippen LogP contribution in [-0.4, -0.2) is 103 Å². The maximum Gasteiger partial charge on any atom is 0.312 e. The molecule has 2 fully saturated rings. The second-order valence-electron chi connectivity index (χ2n) is 16.5. The number of thiophene rings is 2. The maximum absolute atomic E-state index is 13.0. The number of aliphatic carboxylic acids is 1. The summed E-state index contributed by atoms with van der Waals surface area (Å²) in [5, 5.41) is 16.1. The summed E-state index contributed by atoms with van der Waals surface area (Å²) in [6.07, 6.45) is 9.02. The van der Waals surface area contributed by atoms with E-state index in [1.54, 1.807) is 62.4 Å². The molecule has 8 heterocycles. The van der Waals surface area contributed by atoms with Gasteiger partial charge in [0.2, 0.25) is 0 Å². The lowest BCUT2D eigenvalue weighted by Crippen LogP contribution is -2.46. The molecule has 0 radical (unpaired) electrons. The van der Waals surface area contributed by atoms with E-state index in [9.17, 15) is 24.3 Å². The molecule has 2 aliphatic rings. The van der Waals surface area contributed by atoms with Crippen LogP contribution >= 0.6 is 46.2 Å². The largest absolute Gasteiger partial charge is 0.481 e. The fourth-order valence-electron chi connectivity index (χ4n) is 8.89. The number of rotatable bonds is 19. The summed E-state index contributed by atoms with van der Waals surface area (Å²) in [5.74, 6) is 1.30. The molecule has 2 saturated heterocycles. The average molecular weight is 943 g/mol. The Kier molecular flexibility index (Phi) is 17.3. The molecule has 16 heteroatoms. The van der Waals surface area contributed by atoms with Gasteiger partial charge in [0.05, 0.1) is 25.9 Å². The van der Waals surface area contributed by atoms with Gasteiger partial charge in [-0.05, 0) is 144 Å². The third kappa shape index (κ3) is 12.3. The maximum atomic E-state index is 13.0. The number of esters is 1. The molecular weight excluding hydrogens is 885 g/mol. The smallest absolute Gasteiger partial charge is 0.312 e. The Hall–Kier alpha value is -4.32. The highest BCUT2D eigenvalue weighted by Gasteiger charge is 2.42. The first-order chi connectivity index (χ1) is 31.2. The molecular formula is C48H58N6O6S4. The second-order valence-corrected chi connectivity index (χ2v) is 21.2. The van der Waals surface area contributed by atoms with Crippen molar-refractivity contribution in [1.82, 2.24) is 28.9 Å². The van der Waals surface area contributed by atoms with Crippen LogP contribution in [0.3, 0.4) is 0 Å². The molecule has 0 spiro atoms. The van der Waals surface area contributed by atoms with E-state index in [4.69, 9.17) is 4.74 Å². The number of likely N-dealkylation sites (tertiary alicyclic amines) is 2. The molecule has 0 bridgehead atoms. The standard InChI is InChI=1S/C25H31N3O3S2.C23H27N3O3S2/c1-2-31-24(30)25(11-15-27(16-12-25)17-19-33-22-7-4-18-32-22)10-5-14-28-21(29)9-8-20-6-3-13-26-23(20)28;27-19-7-6-18-4-1-11-24-21(18)26(19)12-3-8-23(22(28)29)9-13-25(14-10-23)15-17-31-20-5-2-16-30-20/h3-4,6-9,13,18H,2,5,10-12,14-17,19H2,1H3;1-2,4-7,11,16H,3,8-10,12-15,17H2,(H,28,29). The molecule has 0 unspecified atom stereocenters. The van der Waals surface area contributed by atoms with Crippen molar-refractivity contribution >= 4 is 80.2 Å². The Labute approximate surface area is 391 Å². The van der Waals surface area contributed by atoms with E-state index >= 15 is 0 Å². The molecule has 6 aromatic heterocycles. The molecule has 340 valence electrons. The Morgan fingerprint density at radius 1 is 0.656 bits per heavy atom. The van der Waals surface area contributed by atoms with Gasteiger partial charge in [0.1, 0.15) is 11.3 Å². The topological polar surface area (TPSA) is 140 Å². The molecule has 64 heavy (non-hydrogen) atoms. The van der Waals surface area contributed by atoms with Crippen LogP contribution in [0.4, 0.5) is 0 Å². The van der Waals surface area contributed by atoms with E-state index in [-0.39, 0.29) is 17.1 Å². The van der Waals surface area contributed by atoms with Gasteiger partial charge in [-0.3, -0.25) is 28.3 Å². The number of fused-ring (bicyclic) bond motifs is 2. The Balaban J connectivity index is 0.000000192. The molecule has 0 saturated carbocycles. The van der Waals surface area contributed by atoms with E-state index < -0.39 is 16.8 Å². The predicted molar refractivity (Wildman–Crippen MR) is 261 cm³/mol. The highest BCUT2D eigenvalue weighted by molar-refractivity contribution is 8.01. The molecule has 12 nitrogen and oxygen atoms in total. The van der Waals surface area contributed by atoms with Crippen LogP contribution in [0.1, 0.15) is 58.3 Å². The zero-order valence-corrected chi connectivity index (χ0v) is 39.7. The highest BCUT2D eigenvalue weighted by atomic mass is 32.2. The Bertz CT molecular complexity index is 2530. The zero-order valence-electron chi connectivity index (χ0n) is 36.5. The molecule has 0 atom stereocenters. The van der Waals surface area contributed by atoms with Gasteiger partial charge in [-0.15, -0.1) is 46.2 Å². The van der Waals surface area contributed by atoms with Gasteiger partial charge in [0, 0.05) is 73.0 Å². The third-order valence-electron chi connectivity index (χ3n) is 12.6. The van der Waals surface area contributed by atoms with E-state index in [0.29, 0.717) is 56.7 Å². The van der Waals surface area contributed by atoms with Crippen molar-refractivity contribution in [2.24, 2.45) is 10.8 Å². The molecule has 8 rings (SSSR count). The monoisotopic (exact) mass is 942 g/mol. The van der Waals surface area contributed by atoms with Crippen LogP contribution in [0.5, 0.6) is 0 Å². The first-order valence-corrected chi connectivity index (χ1v) is 26.0. The number of carboxylic acid groups (broad SMARTS) is 1. The number of carbonyl (C=O) groups is 2.